The van der Waals surface area contributed by atoms with E-state index in [0.717, 1.165) is 18.2 Å². The van der Waals surface area contributed by atoms with Gasteiger partial charge >= 0.3 is 0 Å². The van der Waals surface area contributed by atoms with E-state index in [1.165, 1.54) is 6.07 Å². The molecule has 0 aliphatic rings. The van der Waals surface area contributed by atoms with Gasteiger partial charge in [0.25, 0.3) is 0 Å². The molecule has 0 amide bonds. The Morgan fingerprint density at radius 3 is 2.38 bits per heavy atom. The van der Waals surface area contributed by atoms with Crippen molar-refractivity contribution in [3.8, 4) is 0 Å². The maximum absolute atomic E-state index is 10.5. The fourth-order valence-corrected chi connectivity index (χ4v) is 1.37. The molecule has 0 N–H and O–H groups in total. The van der Waals surface area contributed by atoms with Crippen molar-refractivity contribution in [2.75, 3.05) is 0 Å². The van der Waals surface area contributed by atoms with Gasteiger partial charge in [-0.05, 0) is 24.5 Å². The van der Waals surface area contributed by atoms with Crippen molar-refractivity contribution in [2.24, 2.45) is 0 Å². The highest BCUT2D eigenvalue weighted by Crippen LogP contribution is 2.21. The Hall–Kier alpha value is -1.16. The Kier molecular flexibility index (Phi) is 2.52. The second kappa shape index (κ2) is 3.30. The fraction of sp³-hybridized carbons (Fsp3) is 0. The molecule has 1 rings (SSSR count). The zero-order chi connectivity index (χ0) is 10.1. The van der Waals surface area contributed by atoms with E-state index < -0.39 is 18.9 Å². The molecule has 0 atom stereocenters. The van der Waals surface area contributed by atoms with Crippen LogP contribution in [0.2, 0.25) is 0 Å². The molecule has 0 saturated heterocycles. The summed E-state index contributed by atoms with van der Waals surface area (Å²) >= 11 is 0. The minimum atomic E-state index is -4.88. The minimum absolute atomic E-state index is 0.329. The standard InChI is InChI=1S/C7H7O5P/c8-7(9)5-2-1-3-6(4-5)13(10,11)12/h1-4H,(H,8,9)(H2,10,11,12)/p-3. The van der Waals surface area contributed by atoms with E-state index in [1.54, 1.807) is 0 Å². The average Bonchev–Trinajstić information content (AvgIpc) is 2.03. The van der Waals surface area contributed by atoms with Crippen molar-refractivity contribution >= 4 is 18.9 Å². The van der Waals surface area contributed by atoms with E-state index in [4.69, 9.17) is 0 Å². The normalized spacial score (nSPS) is 11.2. The van der Waals surface area contributed by atoms with Crippen LogP contribution in [0.1, 0.15) is 10.4 Å². The summed E-state index contributed by atoms with van der Waals surface area (Å²) in [4.78, 5) is 31.2. The Morgan fingerprint density at radius 2 is 1.92 bits per heavy atom. The largest absolute Gasteiger partial charge is 0.807 e. The lowest BCUT2D eigenvalue weighted by Gasteiger charge is -2.30. The summed E-state index contributed by atoms with van der Waals surface area (Å²) in [7, 11) is -4.88. The molecule has 13 heavy (non-hydrogen) atoms. The molecule has 1 aromatic rings. The van der Waals surface area contributed by atoms with E-state index >= 15 is 0 Å². The first-order chi connectivity index (χ1) is 5.91. The molecular weight excluding hydrogens is 195 g/mol. The quantitative estimate of drug-likeness (QED) is 0.493. The smallest absolute Gasteiger partial charge is 0.0715 e. The number of carbonyl (C=O) groups is 1. The summed E-state index contributed by atoms with van der Waals surface area (Å²) in [6.07, 6.45) is 0. The van der Waals surface area contributed by atoms with Crippen molar-refractivity contribution in [2.45, 2.75) is 0 Å². The lowest BCUT2D eigenvalue weighted by atomic mass is 10.2. The fourth-order valence-electron chi connectivity index (χ4n) is 0.803. The highest BCUT2D eigenvalue weighted by Gasteiger charge is 1.99. The molecule has 6 heteroatoms. The molecule has 5 nitrogen and oxygen atoms in total. The maximum atomic E-state index is 10.5. The lowest BCUT2D eigenvalue weighted by Crippen LogP contribution is -2.28. The minimum Gasteiger partial charge on any atom is -0.807 e. The molecule has 70 valence electrons. The number of benzene rings is 1. The summed E-state index contributed by atoms with van der Waals surface area (Å²) in [5.41, 5.74) is -0.329. The van der Waals surface area contributed by atoms with Gasteiger partial charge in [0.05, 0.1) is 5.97 Å². The lowest BCUT2D eigenvalue weighted by molar-refractivity contribution is -0.307. The van der Waals surface area contributed by atoms with Gasteiger partial charge in [-0.2, -0.15) is 0 Å². The van der Waals surface area contributed by atoms with E-state index in [9.17, 15) is 24.3 Å². The number of aromatic carboxylic acids is 1. The van der Waals surface area contributed by atoms with Crippen LogP contribution in [0.25, 0.3) is 0 Å². The number of carboxylic acid groups (broad SMARTS) is 1. The summed E-state index contributed by atoms with van der Waals surface area (Å²) in [6, 6.07) is 4.13. The highest BCUT2D eigenvalue weighted by molar-refractivity contribution is 7.57. The van der Waals surface area contributed by atoms with E-state index in [2.05, 4.69) is 0 Å². The molecule has 0 heterocycles. The zero-order valence-electron chi connectivity index (χ0n) is 6.30. The van der Waals surface area contributed by atoms with Crippen LogP contribution in [0.5, 0.6) is 0 Å². The third kappa shape index (κ3) is 2.39. The van der Waals surface area contributed by atoms with Crippen LogP contribution in [0.15, 0.2) is 24.3 Å². The van der Waals surface area contributed by atoms with Crippen LogP contribution in [-0.2, 0) is 4.57 Å². The van der Waals surface area contributed by atoms with Crippen molar-refractivity contribution in [1.29, 1.82) is 0 Å². The van der Waals surface area contributed by atoms with Gasteiger partial charge in [0.2, 0.25) is 0 Å². The summed E-state index contributed by atoms with van der Waals surface area (Å²) < 4.78 is 10.5. The molecular formula is C7H4O5P-3. The van der Waals surface area contributed by atoms with Gasteiger partial charge in [-0.15, -0.1) is 0 Å². The summed E-state index contributed by atoms with van der Waals surface area (Å²) in [6.45, 7) is 0. The van der Waals surface area contributed by atoms with Crippen LogP contribution < -0.4 is 20.2 Å². The highest BCUT2D eigenvalue weighted by atomic mass is 31.2. The van der Waals surface area contributed by atoms with E-state index in [0.29, 0.717) is 0 Å². The second-order valence-electron chi connectivity index (χ2n) is 2.34. The van der Waals surface area contributed by atoms with Crippen LogP contribution in [0.3, 0.4) is 0 Å². The molecule has 0 saturated carbocycles. The van der Waals surface area contributed by atoms with Gasteiger partial charge in [-0.1, -0.05) is 18.2 Å². The molecule has 0 aliphatic heterocycles. The first kappa shape index (κ1) is 9.92. The van der Waals surface area contributed by atoms with Crippen molar-refractivity contribution in [1.82, 2.24) is 0 Å². The molecule has 0 bridgehead atoms. The number of rotatable bonds is 2. The Labute approximate surface area is 73.8 Å². The molecule has 0 aromatic heterocycles. The predicted octanol–water partition coefficient (Wildman–Crippen LogP) is -2.41. The molecule has 1 aromatic carbocycles. The van der Waals surface area contributed by atoms with Gasteiger partial charge in [0.1, 0.15) is 0 Å². The first-order valence-corrected chi connectivity index (χ1v) is 4.79. The number of carbonyl (C=O) groups excluding carboxylic acids is 1. The van der Waals surface area contributed by atoms with E-state index in [1.807, 2.05) is 0 Å². The Balaban J connectivity index is 3.21. The van der Waals surface area contributed by atoms with Crippen LogP contribution >= 0.6 is 7.60 Å². The predicted molar refractivity (Wildman–Crippen MR) is 38.0 cm³/mol. The number of carboxylic acids is 1. The maximum Gasteiger partial charge on any atom is 0.0715 e. The molecule has 0 spiro atoms. The molecule has 0 unspecified atom stereocenters. The summed E-state index contributed by atoms with van der Waals surface area (Å²) in [5, 5.41) is 9.73. The monoisotopic (exact) mass is 199 g/mol. The second-order valence-corrected chi connectivity index (χ2v) is 3.85. The number of hydrogen-bond acceptors (Lipinski definition) is 5. The topological polar surface area (TPSA) is 103 Å². The van der Waals surface area contributed by atoms with Gasteiger partial charge in [-0.3, -0.25) is 0 Å². The summed E-state index contributed by atoms with van der Waals surface area (Å²) in [5.74, 6) is -1.52. The van der Waals surface area contributed by atoms with Gasteiger partial charge in [0.15, 0.2) is 0 Å². The number of hydrogen-bond donors (Lipinski definition) is 0. The Bertz CT molecular complexity index is 380. The van der Waals surface area contributed by atoms with Crippen LogP contribution in [0.4, 0.5) is 0 Å². The van der Waals surface area contributed by atoms with E-state index in [-0.39, 0.29) is 5.56 Å². The van der Waals surface area contributed by atoms with Crippen LogP contribution in [0, 0.1) is 0 Å². The van der Waals surface area contributed by atoms with Gasteiger partial charge in [0, 0.05) is 0 Å². The van der Waals surface area contributed by atoms with Gasteiger partial charge in [-0.25, -0.2) is 0 Å². The third-order valence-corrected chi connectivity index (χ3v) is 2.31. The Morgan fingerprint density at radius 1 is 1.31 bits per heavy atom. The average molecular weight is 199 g/mol. The van der Waals surface area contributed by atoms with Crippen molar-refractivity contribution in [3.05, 3.63) is 29.8 Å². The zero-order valence-corrected chi connectivity index (χ0v) is 7.19. The molecule has 0 radical (unpaired) electrons. The molecule has 0 aliphatic carbocycles. The van der Waals surface area contributed by atoms with Gasteiger partial charge < -0.3 is 24.3 Å². The molecule has 0 fully saturated rings. The third-order valence-electron chi connectivity index (χ3n) is 1.40. The SMILES string of the molecule is O=C([O-])c1cccc(P(=O)([O-])[O-])c1. The van der Waals surface area contributed by atoms with Crippen LogP contribution in [-0.4, -0.2) is 5.97 Å². The van der Waals surface area contributed by atoms with Crippen molar-refractivity contribution in [3.63, 3.8) is 0 Å². The first-order valence-electron chi connectivity index (χ1n) is 3.25. The van der Waals surface area contributed by atoms with Crippen molar-refractivity contribution < 1.29 is 24.3 Å².